The van der Waals surface area contributed by atoms with Crippen molar-refractivity contribution in [1.29, 1.82) is 0 Å². The van der Waals surface area contributed by atoms with Crippen molar-refractivity contribution in [2.75, 3.05) is 5.73 Å². The minimum Gasteiger partial charge on any atom is -0.380 e. The normalized spacial score (nSPS) is 10.7. The molecule has 0 aliphatic heterocycles. The Balaban J connectivity index is 2.16. The molecule has 20 heavy (non-hydrogen) atoms. The Morgan fingerprint density at radius 1 is 1.15 bits per heavy atom. The summed E-state index contributed by atoms with van der Waals surface area (Å²) in [6, 6.07) is 10.8. The first kappa shape index (κ1) is 12.2. The molecule has 2 heterocycles. The fraction of sp³-hybridized carbons (Fsp3) is 0.0714. The predicted octanol–water partition coefficient (Wildman–Crippen LogP) is 1.98. The van der Waals surface area contributed by atoms with Crippen molar-refractivity contribution >= 4 is 5.82 Å². The number of benzene rings is 1. The number of anilines is 1. The molecule has 2 aromatic heterocycles. The minimum atomic E-state index is -0.280. The third-order valence-electron chi connectivity index (χ3n) is 2.97. The van der Waals surface area contributed by atoms with Gasteiger partial charge in [-0.2, -0.15) is 5.10 Å². The number of nitrogens with zero attached hydrogens (tertiary/aromatic N) is 2. The van der Waals surface area contributed by atoms with Gasteiger partial charge in [-0.25, -0.2) is 5.10 Å². The van der Waals surface area contributed by atoms with Crippen molar-refractivity contribution in [2.45, 2.75) is 6.92 Å². The number of nitrogens with two attached hydrogens (primary N) is 1. The average Bonchev–Trinajstić information content (AvgIpc) is 2.83. The van der Waals surface area contributed by atoms with Gasteiger partial charge in [0.05, 0.1) is 5.56 Å². The molecule has 0 radical (unpaired) electrons. The first-order valence-electron chi connectivity index (χ1n) is 6.03. The second-order valence-electron chi connectivity index (χ2n) is 4.44. The van der Waals surface area contributed by atoms with Gasteiger partial charge in [0.2, 0.25) is 0 Å². The Morgan fingerprint density at radius 2 is 1.90 bits per heavy atom. The number of aromatic amines is 1. The molecule has 0 spiro atoms. The summed E-state index contributed by atoms with van der Waals surface area (Å²) in [5.41, 5.74) is 8.77. The Labute approximate surface area is 114 Å². The minimum absolute atomic E-state index is 0.280. The lowest BCUT2D eigenvalue weighted by molar-refractivity contribution is 0.434. The summed E-state index contributed by atoms with van der Waals surface area (Å²) in [7, 11) is 0. The third-order valence-corrected chi connectivity index (χ3v) is 2.97. The van der Waals surface area contributed by atoms with Crippen molar-refractivity contribution < 1.29 is 4.52 Å². The zero-order chi connectivity index (χ0) is 14.1. The van der Waals surface area contributed by atoms with Crippen molar-refractivity contribution in [3.05, 3.63) is 52.3 Å². The molecule has 100 valence electrons. The van der Waals surface area contributed by atoms with Crippen LogP contribution in [0, 0.1) is 6.92 Å². The maximum absolute atomic E-state index is 11.1. The van der Waals surface area contributed by atoms with Gasteiger partial charge in [-0.1, -0.05) is 35.0 Å². The highest BCUT2D eigenvalue weighted by Gasteiger charge is 2.18. The lowest BCUT2D eigenvalue weighted by atomic mass is 10.0. The summed E-state index contributed by atoms with van der Waals surface area (Å²) in [6.45, 7) is 2.01. The van der Waals surface area contributed by atoms with Crippen LogP contribution in [0.2, 0.25) is 0 Å². The number of hydrogen-bond acceptors (Lipinski definition) is 5. The number of hydrogen-bond donors (Lipinski definition) is 2. The third kappa shape index (κ3) is 2.07. The van der Waals surface area contributed by atoms with Gasteiger partial charge in [0.1, 0.15) is 5.69 Å². The van der Waals surface area contributed by atoms with Crippen LogP contribution in [0.15, 0.2) is 45.7 Å². The standard InChI is InChI=1S/C14H12N4O2/c1-8-2-4-9(5-3-8)12-13(20-18-14(12)15)10-6-7-11(19)17-16-10/h2-7H,1H3,(H2,15,18)(H,17,19). The summed E-state index contributed by atoms with van der Waals surface area (Å²) in [6.07, 6.45) is 0. The maximum atomic E-state index is 11.1. The van der Waals surface area contributed by atoms with Gasteiger partial charge in [0.25, 0.3) is 5.56 Å². The van der Waals surface area contributed by atoms with Crippen molar-refractivity contribution in [3.8, 4) is 22.6 Å². The fourth-order valence-corrected chi connectivity index (χ4v) is 1.95. The Kier molecular flexibility index (Phi) is 2.83. The Morgan fingerprint density at radius 3 is 2.55 bits per heavy atom. The van der Waals surface area contributed by atoms with Gasteiger partial charge in [-0.15, -0.1) is 0 Å². The molecule has 6 nitrogen and oxygen atoms in total. The summed E-state index contributed by atoms with van der Waals surface area (Å²) >= 11 is 0. The molecular weight excluding hydrogens is 256 g/mol. The first-order valence-corrected chi connectivity index (χ1v) is 6.03. The second-order valence-corrected chi connectivity index (χ2v) is 4.44. The van der Waals surface area contributed by atoms with E-state index in [4.69, 9.17) is 10.3 Å². The molecule has 0 saturated carbocycles. The molecule has 0 aliphatic rings. The number of aryl methyl sites for hydroxylation is 1. The number of aromatic nitrogens is 3. The molecule has 3 aromatic rings. The van der Waals surface area contributed by atoms with E-state index in [0.29, 0.717) is 17.0 Å². The SMILES string of the molecule is Cc1ccc(-c2c(N)noc2-c2ccc(=O)[nH]n2)cc1. The van der Waals surface area contributed by atoms with E-state index in [1.807, 2.05) is 31.2 Å². The topological polar surface area (TPSA) is 97.8 Å². The molecule has 3 N–H and O–H groups in total. The van der Waals surface area contributed by atoms with Gasteiger partial charge in [-0.05, 0) is 18.6 Å². The number of rotatable bonds is 2. The number of nitrogens with one attached hydrogen (secondary N) is 1. The van der Waals surface area contributed by atoms with Crippen molar-refractivity contribution in [3.63, 3.8) is 0 Å². The van der Waals surface area contributed by atoms with Crippen LogP contribution in [-0.4, -0.2) is 15.4 Å². The Hall–Kier alpha value is -2.89. The van der Waals surface area contributed by atoms with Gasteiger partial charge < -0.3 is 10.3 Å². The lowest BCUT2D eigenvalue weighted by Gasteiger charge is -2.02. The van der Waals surface area contributed by atoms with Crippen LogP contribution in [0.4, 0.5) is 5.82 Å². The van der Waals surface area contributed by atoms with Crippen LogP contribution in [0.1, 0.15) is 5.56 Å². The molecule has 3 rings (SSSR count). The highest BCUT2D eigenvalue weighted by atomic mass is 16.5. The molecular formula is C14H12N4O2. The van der Waals surface area contributed by atoms with E-state index in [2.05, 4.69) is 15.4 Å². The summed E-state index contributed by atoms with van der Waals surface area (Å²) in [4.78, 5) is 11.1. The molecule has 0 bridgehead atoms. The molecule has 6 heteroatoms. The molecule has 0 amide bonds. The van der Waals surface area contributed by atoms with Gasteiger partial charge in [0, 0.05) is 6.07 Å². The Bertz CT molecular complexity index is 782. The number of nitrogen functional groups attached to an aromatic ring is 1. The highest BCUT2D eigenvalue weighted by Crippen LogP contribution is 2.35. The van der Waals surface area contributed by atoms with E-state index < -0.39 is 0 Å². The monoisotopic (exact) mass is 268 g/mol. The fourth-order valence-electron chi connectivity index (χ4n) is 1.95. The molecule has 0 saturated heterocycles. The molecule has 0 fully saturated rings. The summed E-state index contributed by atoms with van der Waals surface area (Å²) in [5, 5.41) is 10.1. The average molecular weight is 268 g/mol. The molecule has 0 unspecified atom stereocenters. The highest BCUT2D eigenvalue weighted by molar-refractivity contribution is 5.85. The van der Waals surface area contributed by atoms with Crippen molar-refractivity contribution in [2.24, 2.45) is 0 Å². The van der Waals surface area contributed by atoms with E-state index in [9.17, 15) is 4.79 Å². The van der Waals surface area contributed by atoms with E-state index in [1.165, 1.54) is 6.07 Å². The van der Waals surface area contributed by atoms with E-state index in [1.54, 1.807) is 6.07 Å². The smallest absolute Gasteiger partial charge is 0.264 e. The van der Waals surface area contributed by atoms with E-state index >= 15 is 0 Å². The lowest BCUT2D eigenvalue weighted by Crippen LogP contribution is -2.05. The largest absolute Gasteiger partial charge is 0.380 e. The van der Waals surface area contributed by atoms with Gasteiger partial charge in [0.15, 0.2) is 11.6 Å². The molecule has 0 atom stereocenters. The van der Waals surface area contributed by atoms with Crippen LogP contribution < -0.4 is 11.3 Å². The van der Waals surface area contributed by atoms with Crippen molar-refractivity contribution in [1.82, 2.24) is 15.4 Å². The zero-order valence-corrected chi connectivity index (χ0v) is 10.8. The van der Waals surface area contributed by atoms with Crippen LogP contribution in [-0.2, 0) is 0 Å². The van der Waals surface area contributed by atoms with Gasteiger partial charge in [-0.3, -0.25) is 4.79 Å². The van der Waals surface area contributed by atoms with Crippen LogP contribution >= 0.6 is 0 Å². The summed E-state index contributed by atoms with van der Waals surface area (Å²) in [5.74, 6) is 0.722. The van der Waals surface area contributed by atoms with Crippen LogP contribution in [0.5, 0.6) is 0 Å². The zero-order valence-electron chi connectivity index (χ0n) is 10.8. The number of H-pyrrole nitrogens is 1. The maximum Gasteiger partial charge on any atom is 0.264 e. The van der Waals surface area contributed by atoms with Crippen LogP contribution in [0.3, 0.4) is 0 Å². The quantitative estimate of drug-likeness (QED) is 0.740. The molecule has 0 aliphatic carbocycles. The summed E-state index contributed by atoms with van der Waals surface area (Å²) < 4.78 is 5.25. The van der Waals surface area contributed by atoms with E-state index in [-0.39, 0.29) is 11.4 Å². The second kappa shape index (κ2) is 4.65. The predicted molar refractivity (Wildman–Crippen MR) is 74.9 cm³/mol. The van der Waals surface area contributed by atoms with Crippen LogP contribution in [0.25, 0.3) is 22.6 Å². The first-order chi connectivity index (χ1) is 9.65. The molecule has 1 aromatic carbocycles. The van der Waals surface area contributed by atoms with Gasteiger partial charge >= 0.3 is 0 Å². The van der Waals surface area contributed by atoms with E-state index in [0.717, 1.165) is 11.1 Å².